The van der Waals surface area contributed by atoms with Gasteiger partial charge in [0, 0.05) is 29.1 Å². The first-order chi connectivity index (χ1) is 13.0. The van der Waals surface area contributed by atoms with Gasteiger partial charge in [0.15, 0.2) is 0 Å². The molecule has 0 aromatic heterocycles. The smallest absolute Gasteiger partial charge is 0.255 e. The van der Waals surface area contributed by atoms with Gasteiger partial charge in [-0.05, 0) is 42.0 Å². The highest BCUT2D eigenvalue weighted by atomic mass is 19.1. The lowest BCUT2D eigenvalue weighted by atomic mass is 10.0. The number of hydrogen-bond donors (Lipinski definition) is 2. The van der Waals surface area contributed by atoms with Crippen LogP contribution < -0.4 is 20.5 Å². The second kappa shape index (κ2) is 7.78. The molecule has 3 aromatic rings. The van der Waals surface area contributed by atoms with Gasteiger partial charge in [0.25, 0.3) is 5.91 Å². The van der Waals surface area contributed by atoms with Crippen molar-refractivity contribution in [1.82, 2.24) is 0 Å². The maximum atomic E-state index is 13.2. The number of nitrogen functional groups attached to an aromatic ring is 1. The van der Waals surface area contributed by atoms with E-state index in [0.717, 1.165) is 5.56 Å². The third kappa shape index (κ3) is 4.00. The van der Waals surface area contributed by atoms with Gasteiger partial charge < -0.3 is 20.5 Å². The minimum absolute atomic E-state index is 0.284. The highest BCUT2D eigenvalue weighted by Gasteiger charge is 2.16. The summed E-state index contributed by atoms with van der Waals surface area (Å²) in [5.74, 6) is 0.375. The average Bonchev–Trinajstić information content (AvgIpc) is 2.68. The maximum Gasteiger partial charge on any atom is 0.255 e. The van der Waals surface area contributed by atoms with Crippen LogP contribution in [0.5, 0.6) is 11.5 Å². The number of methoxy groups -OCH3 is 2. The molecule has 1 amide bonds. The van der Waals surface area contributed by atoms with E-state index in [4.69, 9.17) is 15.2 Å². The number of carbonyl (C=O) groups is 1. The Morgan fingerprint density at radius 3 is 2.00 bits per heavy atom. The third-order valence-corrected chi connectivity index (χ3v) is 4.07. The number of nitrogens with two attached hydrogens (primary N) is 1. The van der Waals surface area contributed by atoms with E-state index in [2.05, 4.69) is 5.32 Å². The van der Waals surface area contributed by atoms with E-state index in [9.17, 15) is 9.18 Å². The Labute approximate surface area is 156 Å². The minimum atomic E-state index is -0.330. The van der Waals surface area contributed by atoms with Crippen molar-refractivity contribution in [1.29, 1.82) is 0 Å². The molecule has 0 fully saturated rings. The molecule has 6 heteroatoms. The summed E-state index contributed by atoms with van der Waals surface area (Å²) in [4.78, 5) is 12.4. The van der Waals surface area contributed by atoms with Crippen molar-refractivity contribution in [2.75, 3.05) is 25.3 Å². The Bertz CT molecular complexity index is 929. The van der Waals surface area contributed by atoms with Gasteiger partial charge >= 0.3 is 0 Å². The summed E-state index contributed by atoms with van der Waals surface area (Å²) in [5, 5.41) is 2.82. The summed E-state index contributed by atoms with van der Waals surface area (Å²) in [6.45, 7) is 0. The number of nitrogens with one attached hydrogen (secondary N) is 1. The SMILES string of the molecule is COc1cc(NC(=O)c2ccc(N)cc2)cc(OC)c1-c1ccc(F)cc1. The Hall–Kier alpha value is -3.54. The number of amides is 1. The molecule has 0 atom stereocenters. The molecule has 0 spiro atoms. The van der Waals surface area contributed by atoms with E-state index in [-0.39, 0.29) is 11.7 Å². The van der Waals surface area contributed by atoms with E-state index in [1.165, 1.54) is 26.4 Å². The fourth-order valence-electron chi connectivity index (χ4n) is 2.72. The van der Waals surface area contributed by atoms with Crippen LogP contribution in [0.15, 0.2) is 60.7 Å². The van der Waals surface area contributed by atoms with E-state index in [1.54, 1.807) is 48.5 Å². The molecule has 3 N–H and O–H groups in total. The largest absolute Gasteiger partial charge is 0.496 e. The number of anilines is 2. The first-order valence-electron chi connectivity index (χ1n) is 8.20. The zero-order valence-electron chi connectivity index (χ0n) is 15.0. The lowest BCUT2D eigenvalue weighted by molar-refractivity contribution is 0.102. The Morgan fingerprint density at radius 1 is 0.926 bits per heavy atom. The molecule has 0 aliphatic carbocycles. The van der Waals surface area contributed by atoms with Gasteiger partial charge in [-0.1, -0.05) is 12.1 Å². The van der Waals surface area contributed by atoms with Crippen molar-refractivity contribution < 1.29 is 18.7 Å². The van der Waals surface area contributed by atoms with E-state index >= 15 is 0 Å². The van der Waals surface area contributed by atoms with Gasteiger partial charge in [-0.15, -0.1) is 0 Å². The fourth-order valence-corrected chi connectivity index (χ4v) is 2.72. The molecule has 0 aliphatic heterocycles. The molecular formula is C21H19FN2O3. The van der Waals surface area contributed by atoms with Crippen LogP contribution in [-0.2, 0) is 0 Å². The lowest BCUT2D eigenvalue weighted by Crippen LogP contribution is -2.12. The highest BCUT2D eigenvalue weighted by Crippen LogP contribution is 2.41. The molecule has 3 rings (SSSR count). The molecule has 0 saturated carbocycles. The summed E-state index contributed by atoms with van der Waals surface area (Å²) in [6.07, 6.45) is 0. The van der Waals surface area contributed by atoms with Gasteiger partial charge in [-0.25, -0.2) is 4.39 Å². The highest BCUT2D eigenvalue weighted by molar-refractivity contribution is 6.05. The molecular weight excluding hydrogens is 347 g/mol. The van der Waals surface area contributed by atoms with Gasteiger partial charge in [-0.2, -0.15) is 0 Å². The molecule has 5 nitrogen and oxygen atoms in total. The molecule has 0 heterocycles. The third-order valence-electron chi connectivity index (χ3n) is 4.07. The van der Waals surface area contributed by atoms with E-state index in [0.29, 0.717) is 34.0 Å². The van der Waals surface area contributed by atoms with E-state index in [1.807, 2.05) is 0 Å². The van der Waals surface area contributed by atoms with Crippen LogP contribution in [-0.4, -0.2) is 20.1 Å². The molecule has 0 bridgehead atoms. The summed E-state index contributed by atoms with van der Waals surface area (Å²) in [6, 6.07) is 16.0. The van der Waals surface area contributed by atoms with Crippen LogP contribution in [0.2, 0.25) is 0 Å². The minimum Gasteiger partial charge on any atom is -0.496 e. The summed E-state index contributed by atoms with van der Waals surface area (Å²) < 4.78 is 24.2. The summed E-state index contributed by atoms with van der Waals surface area (Å²) >= 11 is 0. The quantitative estimate of drug-likeness (QED) is 0.659. The molecule has 3 aromatic carbocycles. The number of ether oxygens (including phenoxy) is 2. The van der Waals surface area contributed by atoms with Crippen LogP contribution in [0.1, 0.15) is 10.4 Å². The summed E-state index contributed by atoms with van der Waals surface area (Å²) in [7, 11) is 3.04. The Balaban J connectivity index is 1.97. The normalized spacial score (nSPS) is 10.3. The number of benzene rings is 3. The molecule has 27 heavy (non-hydrogen) atoms. The van der Waals surface area contributed by atoms with Crippen LogP contribution in [0.25, 0.3) is 11.1 Å². The Morgan fingerprint density at radius 2 is 1.48 bits per heavy atom. The number of halogens is 1. The predicted octanol–water partition coefficient (Wildman–Crippen LogP) is 4.34. The molecule has 0 aliphatic rings. The van der Waals surface area contributed by atoms with Crippen molar-refractivity contribution in [3.63, 3.8) is 0 Å². The van der Waals surface area contributed by atoms with Crippen LogP contribution in [0, 0.1) is 5.82 Å². The van der Waals surface area contributed by atoms with Crippen LogP contribution in [0.3, 0.4) is 0 Å². The van der Waals surface area contributed by atoms with E-state index < -0.39 is 0 Å². The second-order valence-corrected chi connectivity index (χ2v) is 5.84. The number of carbonyl (C=O) groups excluding carboxylic acids is 1. The number of hydrogen-bond acceptors (Lipinski definition) is 4. The predicted molar refractivity (Wildman–Crippen MR) is 104 cm³/mol. The number of rotatable bonds is 5. The van der Waals surface area contributed by atoms with Crippen molar-refractivity contribution in [3.8, 4) is 22.6 Å². The van der Waals surface area contributed by atoms with Crippen LogP contribution in [0.4, 0.5) is 15.8 Å². The molecule has 138 valence electrons. The second-order valence-electron chi connectivity index (χ2n) is 5.84. The molecule has 0 radical (unpaired) electrons. The maximum absolute atomic E-state index is 13.2. The van der Waals surface area contributed by atoms with Gasteiger partial charge in [0.2, 0.25) is 0 Å². The lowest BCUT2D eigenvalue weighted by Gasteiger charge is -2.16. The van der Waals surface area contributed by atoms with Gasteiger partial charge in [-0.3, -0.25) is 4.79 Å². The monoisotopic (exact) mass is 366 g/mol. The van der Waals surface area contributed by atoms with Gasteiger partial charge in [0.1, 0.15) is 17.3 Å². The Kier molecular flexibility index (Phi) is 5.26. The van der Waals surface area contributed by atoms with Crippen molar-refractivity contribution in [3.05, 3.63) is 72.0 Å². The zero-order chi connectivity index (χ0) is 19.4. The van der Waals surface area contributed by atoms with Gasteiger partial charge in [0.05, 0.1) is 19.8 Å². The fraction of sp³-hybridized carbons (Fsp3) is 0.0952. The topological polar surface area (TPSA) is 73.6 Å². The average molecular weight is 366 g/mol. The summed E-state index contributed by atoms with van der Waals surface area (Å²) in [5.41, 5.74) is 8.63. The molecule has 0 unspecified atom stereocenters. The standard InChI is InChI=1S/C21H19FN2O3/c1-26-18-11-17(24-21(25)14-5-9-16(23)10-6-14)12-19(27-2)20(18)13-3-7-15(22)8-4-13/h3-12H,23H2,1-2H3,(H,24,25). The molecule has 0 saturated heterocycles. The van der Waals surface area contributed by atoms with Crippen molar-refractivity contribution in [2.24, 2.45) is 0 Å². The van der Waals surface area contributed by atoms with Crippen molar-refractivity contribution in [2.45, 2.75) is 0 Å². The first-order valence-corrected chi connectivity index (χ1v) is 8.20. The van der Waals surface area contributed by atoms with Crippen LogP contribution >= 0.6 is 0 Å². The zero-order valence-corrected chi connectivity index (χ0v) is 15.0. The van der Waals surface area contributed by atoms with Crippen molar-refractivity contribution >= 4 is 17.3 Å². The first kappa shape index (κ1) is 18.3.